The van der Waals surface area contributed by atoms with Crippen LogP contribution in [0.15, 0.2) is 72.8 Å². The minimum Gasteiger partial charge on any atom is -0.161 e. The molecule has 4 rings (SSSR count). The van der Waals surface area contributed by atoms with E-state index < -0.39 is 0 Å². The van der Waals surface area contributed by atoms with E-state index in [4.69, 9.17) is 0 Å². The van der Waals surface area contributed by atoms with Crippen LogP contribution in [-0.2, 0) is 21.7 Å². The van der Waals surface area contributed by atoms with Gasteiger partial charge in [-0.05, 0) is 26.7 Å². The van der Waals surface area contributed by atoms with Gasteiger partial charge >= 0.3 is 21.7 Å². The molecule has 0 fully saturated rings. The average Bonchev–Trinajstić information content (AvgIpc) is 3.19. The van der Waals surface area contributed by atoms with Gasteiger partial charge in [0.2, 0.25) is 0 Å². The molecule has 0 saturated carbocycles. The summed E-state index contributed by atoms with van der Waals surface area (Å²) in [6.45, 7) is 9.18. The Kier molecular flexibility index (Phi) is 7.60. The summed E-state index contributed by atoms with van der Waals surface area (Å²) in [5.74, 6) is 0. The molecule has 0 atom stereocenters. The number of hydrogen-bond donors (Lipinski definition) is 0. The van der Waals surface area contributed by atoms with Gasteiger partial charge in [-0.1, -0.05) is 12.1 Å². The molecule has 0 heterocycles. The Morgan fingerprint density at radius 2 is 0.960 bits per heavy atom. The van der Waals surface area contributed by atoms with Crippen LogP contribution in [0.3, 0.4) is 0 Å². The molecule has 0 aliphatic carbocycles. The molecular formula is C22H24P2Ti. The van der Waals surface area contributed by atoms with Crippen LogP contribution in [0.2, 0.25) is 0 Å². The van der Waals surface area contributed by atoms with E-state index in [-0.39, 0.29) is 37.6 Å². The number of hydrogen-bond acceptors (Lipinski definition) is 0. The Bertz CT molecular complexity index is 787. The molecule has 0 amide bonds. The maximum Gasteiger partial charge on any atom is 2.00 e. The van der Waals surface area contributed by atoms with Crippen molar-refractivity contribution in [2.45, 2.75) is 0 Å². The summed E-state index contributed by atoms with van der Waals surface area (Å²) in [6.07, 6.45) is 0. The molecule has 0 spiro atoms. The summed E-state index contributed by atoms with van der Waals surface area (Å²) >= 11 is 0. The molecule has 4 aromatic rings. The molecule has 0 unspecified atom stereocenters. The molecule has 0 radical (unpaired) electrons. The van der Waals surface area contributed by atoms with E-state index >= 15 is 0 Å². The molecular weight excluding hydrogens is 374 g/mol. The topological polar surface area (TPSA) is 0 Å². The molecule has 0 aliphatic rings. The van der Waals surface area contributed by atoms with Gasteiger partial charge in [0.1, 0.15) is 0 Å². The number of rotatable bonds is 2. The van der Waals surface area contributed by atoms with Gasteiger partial charge in [0, 0.05) is 0 Å². The van der Waals surface area contributed by atoms with E-state index in [0.717, 1.165) is 0 Å². The van der Waals surface area contributed by atoms with Crippen molar-refractivity contribution in [2.75, 3.05) is 26.7 Å². The predicted octanol–water partition coefficient (Wildman–Crippen LogP) is 5.85. The zero-order valence-electron chi connectivity index (χ0n) is 15.3. The van der Waals surface area contributed by atoms with Crippen LogP contribution in [0, 0.1) is 0 Å². The first-order valence-electron chi connectivity index (χ1n) is 8.20. The minimum absolute atomic E-state index is 0. The van der Waals surface area contributed by atoms with Crippen molar-refractivity contribution >= 4 is 48.0 Å². The van der Waals surface area contributed by atoms with Crippen LogP contribution < -0.4 is 10.6 Å². The van der Waals surface area contributed by atoms with Crippen molar-refractivity contribution in [3.8, 4) is 0 Å². The summed E-state index contributed by atoms with van der Waals surface area (Å²) in [4.78, 5) is 0. The third-order valence-electron chi connectivity index (χ3n) is 4.24. The van der Waals surface area contributed by atoms with E-state index in [2.05, 4.69) is 99.5 Å². The van der Waals surface area contributed by atoms with E-state index in [1.807, 2.05) is 0 Å². The van der Waals surface area contributed by atoms with Gasteiger partial charge in [-0.2, -0.15) is 12.1 Å². The van der Waals surface area contributed by atoms with E-state index in [1.165, 1.54) is 32.2 Å². The molecule has 0 bridgehead atoms. The van der Waals surface area contributed by atoms with Crippen molar-refractivity contribution in [3.05, 3.63) is 72.8 Å². The molecule has 3 heteroatoms. The van der Waals surface area contributed by atoms with Crippen LogP contribution in [0.5, 0.6) is 0 Å². The smallest absolute Gasteiger partial charge is 0.161 e. The summed E-state index contributed by atoms with van der Waals surface area (Å²) in [7, 11) is 0.115. The number of fused-ring (bicyclic) bond motifs is 2. The van der Waals surface area contributed by atoms with Gasteiger partial charge in [0.15, 0.2) is 0 Å². The third kappa shape index (κ3) is 5.12. The predicted molar refractivity (Wildman–Crippen MR) is 116 cm³/mol. The maximum absolute atomic E-state index is 2.31. The van der Waals surface area contributed by atoms with Crippen molar-refractivity contribution < 1.29 is 21.7 Å². The van der Waals surface area contributed by atoms with Crippen LogP contribution in [-0.4, -0.2) is 26.7 Å². The van der Waals surface area contributed by atoms with Gasteiger partial charge in [-0.15, -0.1) is 96.5 Å². The molecule has 0 saturated heterocycles. The molecule has 4 aromatic carbocycles. The fourth-order valence-corrected chi connectivity index (χ4v) is 4.37. The van der Waals surface area contributed by atoms with Crippen molar-refractivity contribution in [3.63, 3.8) is 0 Å². The van der Waals surface area contributed by atoms with Crippen LogP contribution in [0.25, 0.3) is 21.5 Å². The maximum atomic E-state index is 2.31. The monoisotopic (exact) mass is 398 g/mol. The first-order chi connectivity index (χ1) is 11.5. The third-order valence-corrected chi connectivity index (χ3v) is 6.82. The first kappa shape index (κ1) is 20.5. The SMILES string of the molecule is CP(C)c1cc2ccccc2[cH-]1.CP(C)c1cc2ccccc2[cH-]1.[Ti+2]. The summed E-state index contributed by atoms with van der Waals surface area (Å²) in [6, 6.07) is 26.3. The Balaban J connectivity index is 0.000000173. The quantitative estimate of drug-likeness (QED) is 0.226. The second-order valence-corrected chi connectivity index (χ2v) is 11.1. The first-order valence-corrected chi connectivity index (χ1v) is 12.7. The second kappa shape index (κ2) is 9.25. The van der Waals surface area contributed by atoms with Crippen molar-refractivity contribution in [1.29, 1.82) is 0 Å². The fraction of sp³-hybridized carbons (Fsp3) is 0.182. The fourth-order valence-electron chi connectivity index (χ4n) is 2.78. The van der Waals surface area contributed by atoms with Crippen molar-refractivity contribution in [2.24, 2.45) is 0 Å². The Morgan fingerprint density at radius 3 is 1.28 bits per heavy atom. The van der Waals surface area contributed by atoms with E-state index in [0.29, 0.717) is 0 Å². The van der Waals surface area contributed by atoms with Gasteiger partial charge in [-0.25, -0.2) is 0 Å². The van der Waals surface area contributed by atoms with Crippen LogP contribution in [0.1, 0.15) is 0 Å². The summed E-state index contributed by atoms with van der Waals surface area (Å²) in [5.41, 5.74) is 0. The van der Waals surface area contributed by atoms with Crippen LogP contribution in [0.4, 0.5) is 0 Å². The zero-order valence-corrected chi connectivity index (χ0v) is 18.7. The molecule has 25 heavy (non-hydrogen) atoms. The largest absolute Gasteiger partial charge is 2.00 e. The Labute approximate surface area is 168 Å². The molecule has 0 nitrogen and oxygen atoms in total. The van der Waals surface area contributed by atoms with Gasteiger partial charge in [0.25, 0.3) is 0 Å². The zero-order chi connectivity index (χ0) is 17.1. The molecule has 0 aliphatic heterocycles. The van der Waals surface area contributed by atoms with Crippen LogP contribution >= 0.6 is 15.8 Å². The molecule has 126 valence electrons. The van der Waals surface area contributed by atoms with Gasteiger partial charge in [0.05, 0.1) is 0 Å². The standard InChI is InChI=1S/2C11H12P.Ti/c2*1-12(2)11-7-9-5-3-4-6-10(9)8-11;/h2*3-8H,1-2H3;/q2*-1;+2. The Morgan fingerprint density at radius 1 is 0.600 bits per heavy atom. The second-order valence-electron chi connectivity index (χ2n) is 6.47. The minimum atomic E-state index is 0. The van der Waals surface area contributed by atoms with E-state index in [9.17, 15) is 0 Å². The Hall–Kier alpha value is -0.766. The van der Waals surface area contributed by atoms with E-state index in [1.54, 1.807) is 0 Å². The van der Waals surface area contributed by atoms with Gasteiger partial charge < -0.3 is 0 Å². The molecule has 0 N–H and O–H groups in total. The number of benzene rings is 2. The molecule has 0 aromatic heterocycles. The normalized spacial score (nSPS) is 10.8. The summed E-state index contributed by atoms with van der Waals surface area (Å²) < 4.78 is 0. The van der Waals surface area contributed by atoms with Crippen molar-refractivity contribution in [1.82, 2.24) is 0 Å². The van der Waals surface area contributed by atoms with Gasteiger partial charge in [-0.3, -0.25) is 0 Å². The summed E-state index contributed by atoms with van der Waals surface area (Å²) in [5, 5.41) is 8.53. The average molecular weight is 398 g/mol.